The molecule has 0 saturated heterocycles. The van der Waals surface area contributed by atoms with E-state index in [2.05, 4.69) is 4.98 Å². The highest BCUT2D eigenvalue weighted by Crippen LogP contribution is 2.25. The molecule has 1 atom stereocenters. The lowest BCUT2D eigenvalue weighted by Gasteiger charge is -2.12. The molecule has 0 spiro atoms. The first-order valence-electron chi connectivity index (χ1n) is 6.73. The Bertz CT molecular complexity index is 795. The lowest BCUT2D eigenvalue weighted by Crippen LogP contribution is -2.08. The molecule has 0 aliphatic heterocycles. The molecule has 21 heavy (non-hydrogen) atoms. The second-order valence-corrected chi connectivity index (χ2v) is 5.48. The van der Waals surface area contributed by atoms with Gasteiger partial charge in [0.25, 0.3) is 0 Å². The molecule has 0 bridgehead atoms. The van der Waals surface area contributed by atoms with Crippen molar-refractivity contribution in [3.8, 4) is 0 Å². The van der Waals surface area contributed by atoms with Gasteiger partial charge in [0.15, 0.2) is 0 Å². The number of nitrogens with two attached hydrogens (primary N) is 1. The monoisotopic (exact) mass is 301 g/mol. The molecule has 0 fully saturated rings. The van der Waals surface area contributed by atoms with Gasteiger partial charge in [0, 0.05) is 10.7 Å². The maximum Gasteiger partial charge on any atom is 0.138 e. The van der Waals surface area contributed by atoms with Crippen molar-refractivity contribution in [3.05, 3.63) is 58.9 Å². The molecule has 0 aliphatic carbocycles. The van der Waals surface area contributed by atoms with E-state index >= 15 is 0 Å². The van der Waals surface area contributed by atoms with Gasteiger partial charge in [-0.05, 0) is 36.8 Å². The minimum Gasteiger partial charge on any atom is -0.399 e. The van der Waals surface area contributed by atoms with Gasteiger partial charge in [-0.2, -0.15) is 0 Å². The third-order valence-electron chi connectivity index (χ3n) is 3.46. The van der Waals surface area contributed by atoms with Crippen LogP contribution in [-0.4, -0.2) is 14.7 Å². The molecule has 0 aliphatic rings. The zero-order valence-corrected chi connectivity index (χ0v) is 12.4. The van der Waals surface area contributed by atoms with Crippen LogP contribution in [-0.2, 0) is 6.54 Å². The Hall–Kier alpha value is -2.04. The van der Waals surface area contributed by atoms with E-state index < -0.39 is 6.10 Å². The molecule has 4 nitrogen and oxygen atoms in total. The number of halogens is 1. The van der Waals surface area contributed by atoms with Gasteiger partial charge in [-0.3, -0.25) is 0 Å². The normalized spacial score (nSPS) is 12.7. The Morgan fingerprint density at radius 2 is 2.05 bits per heavy atom. The maximum absolute atomic E-state index is 9.97. The predicted octanol–water partition coefficient (Wildman–Crippen LogP) is 3.37. The smallest absolute Gasteiger partial charge is 0.138 e. The number of aliphatic hydroxyl groups excluding tert-OH is 1. The van der Waals surface area contributed by atoms with Gasteiger partial charge in [0.2, 0.25) is 0 Å². The van der Waals surface area contributed by atoms with Crippen LogP contribution in [0.25, 0.3) is 11.0 Å². The molecule has 0 saturated carbocycles. The number of aliphatic hydroxyl groups is 1. The van der Waals surface area contributed by atoms with Crippen molar-refractivity contribution in [1.29, 1.82) is 0 Å². The number of imidazole rings is 1. The van der Waals surface area contributed by atoms with E-state index in [1.807, 2.05) is 47.0 Å². The van der Waals surface area contributed by atoms with Crippen molar-refractivity contribution in [2.75, 3.05) is 5.73 Å². The number of nitrogens with zero attached hydrogens (tertiary/aromatic N) is 2. The topological polar surface area (TPSA) is 64.1 Å². The van der Waals surface area contributed by atoms with Crippen molar-refractivity contribution in [2.45, 2.75) is 19.6 Å². The number of benzene rings is 2. The van der Waals surface area contributed by atoms with E-state index in [0.29, 0.717) is 23.1 Å². The third kappa shape index (κ3) is 2.60. The highest BCUT2D eigenvalue weighted by molar-refractivity contribution is 6.31. The van der Waals surface area contributed by atoms with Gasteiger partial charge < -0.3 is 15.4 Å². The summed E-state index contributed by atoms with van der Waals surface area (Å²) in [6, 6.07) is 13.2. The Balaban J connectivity index is 2.16. The fourth-order valence-electron chi connectivity index (χ4n) is 2.45. The lowest BCUT2D eigenvalue weighted by atomic mass is 10.2. The van der Waals surface area contributed by atoms with Crippen LogP contribution in [0.5, 0.6) is 0 Å². The summed E-state index contributed by atoms with van der Waals surface area (Å²) in [4.78, 5) is 4.49. The fraction of sp³-hybridized carbons (Fsp3) is 0.188. The van der Waals surface area contributed by atoms with E-state index in [0.717, 1.165) is 16.6 Å². The van der Waals surface area contributed by atoms with E-state index in [9.17, 15) is 5.11 Å². The molecule has 1 heterocycles. The maximum atomic E-state index is 9.97. The van der Waals surface area contributed by atoms with E-state index in [-0.39, 0.29) is 0 Å². The number of fused-ring (bicyclic) bond motifs is 1. The van der Waals surface area contributed by atoms with E-state index in [4.69, 9.17) is 17.3 Å². The summed E-state index contributed by atoms with van der Waals surface area (Å²) < 4.78 is 1.97. The molecule has 2 aromatic carbocycles. The summed E-state index contributed by atoms with van der Waals surface area (Å²) in [5, 5.41) is 10.7. The summed E-state index contributed by atoms with van der Waals surface area (Å²) in [6.45, 7) is 2.26. The highest BCUT2D eigenvalue weighted by atomic mass is 35.5. The van der Waals surface area contributed by atoms with E-state index in [1.54, 1.807) is 6.92 Å². The second kappa shape index (κ2) is 5.39. The van der Waals surface area contributed by atoms with Crippen molar-refractivity contribution < 1.29 is 5.11 Å². The van der Waals surface area contributed by atoms with Gasteiger partial charge in [0.05, 0.1) is 17.6 Å². The summed E-state index contributed by atoms with van der Waals surface area (Å²) in [7, 11) is 0. The molecule has 1 unspecified atom stereocenters. The molecule has 5 heteroatoms. The zero-order chi connectivity index (χ0) is 15.0. The highest BCUT2D eigenvalue weighted by Gasteiger charge is 2.16. The van der Waals surface area contributed by atoms with Crippen LogP contribution >= 0.6 is 11.6 Å². The number of rotatable bonds is 3. The Morgan fingerprint density at radius 3 is 2.76 bits per heavy atom. The lowest BCUT2D eigenvalue weighted by molar-refractivity contribution is 0.185. The minimum atomic E-state index is -0.666. The van der Waals surface area contributed by atoms with Gasteiger partial charge >= 0.3 is 0 Å². The Kier molecular flexibility index (Phi) is 3.57. The molecular formula is C16H16ClN3O. The molecule has 108 valence electrons. The van der Waals surface area contributed by atoms with Gasteiger partial charge in [0.1, 0.15) is 11.9 Å². The van der Waals surface area contributed by atoms with Crippen LogP contribution in [0.4, 0.5) is 5.69 Å². The standard InChI is InChI=1S/C16H16ClN3O/c1-10(21)16-19-14-8-12(18)6-7-15(14)20(16)9-11-4-2-3-5-13(11)17/h2-8,10,21H,9,18H2,1H3. The van der Waals surface area contributed by atoms with Crippen LogP contribution in [0.1, 0.15) is 24.4 Å². The van der Waals surface area contributed by atoms with Crippen LogP contribution in [0.3, 0.4) is 0 Å². The predicted molar refractivity (Wildman–Crippen MR) is 85.3 cm³/mol. The minimum absolute atomic E-state index is 0.556. The van der Waals surface area contributed by atoms with E-state index in [1.165, 1.54) is 0 Å². The summed E-state index contributed by atoms with van der Waals surface area (Å²) >= 11 is 6.23. The average molecular weight is 302 g/mol. The quantitative estimate of drug-likeness (QED) is 0.729. The van der Waals surface area contributed by atoms with Gasteiger partial charge in [-0.1, -0.05) is 29.8 Å². The molecule has 3 aromatic rings. The Labute approximate surface area is 127 Å². The number of nitrogen functional groups attached to an aromatic ring is 1. The summed E-state index contributed by atoms with van der Waals surface area (Å²) in [5.74, 6) is 0.607. The first-order valence-corrected chi connectivity index (χ1v) is 7.11. The Morgan fingerprint density at radius 1 is 1.29 bits per heavy atom. The first-order chi connectivity index (χ1) is 10.1. The number of anilines is 1. The molecule has 0 amide bonds. The SMILES string of the molecule is CC(O)c1nc2cc(N)ccc2n1Cc1ccccc1Cl. The third-order valence-corrected chi connectivity index (χ3v) is 3.83. The van der Waals surface area contributed by atoms with Crippen LogP contribution in [0.15, 0.2) is 42.5 Å². The van der Waals surface area contributed by atoms with Crippen molar-refractivity contribution >= 4 is 28.3 Å². The molecule has 3 rings (SSSR count). The number of hydrogen-bond acceptors (Lipinski definition) is 3. The van der Waals surface area contributed by atoms with Crippen molar-refractivity contribution in [1.82, 2.24) is 9.55 Å². The number of hydrogen-bond donors (Lipinski definition) is 2. The van der Waals surface area contributed by atoms with Gasteiger partial charge in [-0.15, -0.1) is 0 Å². The van der Waals surface area contributed by atoms with Gasteiger partial charge in [-0.25, -0.2) is 4.98 Å². The largest absolute Gasteiger partial charge is 0.399 e. The van der Waals surface area contributed by atoms with Crippen molar-refractivity contribution in [3.63, 3.8) is 0 Å². The van der Waals surface area contributed by atoms with Crippen LogP contribution < -0.4 is 5.73 Å². The molecule has 3 N–H and O–H groups in total. The first kappa shape index (κ1) is 13.9. The second-order valence-electron chi connectivity index (χ2n) is 5.07. The van der Waals surface area contributed by atoms with Crippen LogP contribution in [0, 0.1) is 0 Å². The molecular weight excluding hydrogens is 286 g/mol. The zero-order valence-electron chi connectivity index (χ0n) is 11.6. The molecule has 0 radical (unpaired) electrons. The van der Waals surface area contributed by atoms with Crippen molar-refractivity contribution in [2.24, 2.45) is 0 Å². The molecule has 1 aromatic heterocycles. The average Bonchev–Trinajstić information content (AvgIpc) is 2.79. The summed E-state index contributed by atoms with van der Waals surface area (Å²) in [5.41, 5.74) is 9.15. The van der Waals surface area contributed by atoms with Crippen LogP contribution in [0.2, 0.25) is 5.02 Å². The summed E-state index contributed by atoms with van der Waals surface area (Å²) in [6.07, 6.45) is -0.666. The fourth-order valence-corrected chi connectivity index (χ4v) is 2.64. The number of aromatic nitrogens is 2.